The van der Waals surface area contributed by atoms with Crippen LogP contribution < -0.4 is 10.2 Å². The fourth-order valence-electron chi connectivity index (χ4n) is 3.42. The minimum absolute atomic E-state index is 0.0199. The molecule has 1 fully saturated rings. The van der Waals surface area contributed by atoms with Gasteiger partial charge in [-0.25, -0.2) is 0 Å². The Kier molecular flexibility index (Phi) is 4.92. The lowest BCUT2D eigenvalue weighted by Gasteiger charge is -2.19. The number of aromatic nitrogens is 2. The van der Waals surface area contributed by atoms with E-state index in [2.05, 4.69) is 14.9 Å². The molecular weight excluding hydrogens is 372 g/mol. The third-order valence-corrected chi connectivity index (χ3v) is 5.56. The number of carbonyl (C=O) groups is 2. The molecule has 2 amide bonds. The van der Waals surface area contributed by atoms with Crippen molar-refractivity contribution < 1.29 is 9.59 Å². The molecule has 2 heterocycles. The zero-order valence-electron chi connectivity index (χ0n) is 15.7. The highest BCUT2D eigenvalue weighted by atomic mass is 32.1. The van der Waals surface area contributed by atoms with Crippen LogP contribution in [0.5, 0.6) is 0 Å². The molecule has 142 valence electrons. The summed E-state index contributed by atoms with van der Waals surface area (Å²) in [6, 6.07) is 13.5. The Morgan fingerprint density at radius 2 is 2.00 bits per heavy atom. The highest BCUT2D eigenvalue weighted by molar-refractivity contribution is 7.03. The summed E-state index contributed by atoms with van der Waals surface area (Å²) in [6.07, 6.45) is 0.217. The van der Waals surface area contributed by atoms with Crippen LogP contribution in [0.4, 0.5) is 11.4 Å². The summed E-state index contributed by atoms with van der Waals surface area (Å²) in [5.74, 6) is -0.536. The Morgan fingerprint density at radius 3 is 2.75 bits per heavy atom. The summed E-state index contributed by atoms with van der Waals surface area (Å²) in [5, 5.41) is 8.95. The number of benzene rings is 2. The molecule has 1 saturated heterocycles. The summed E-state index contributed by atoms with van der Waals surface area (Å²) >= 11 is 1.29. The summed E-state index contributed by atoms with van der Waals surface area (Å²) in [4.78, 5) is 27.1. The number of carbonyl (C=O) groups excluding carboxylic acids is 2. The number of anilines is 2. The number of rotatable bonds is 4. The Morgan fingerprint density at radius 1 is 1.18 bits per heavy atom. The molecule has 3 aromatic rings. The van der Waals surface area contributed by atoms with Gasteiger partial charge in [0, 0.05) is 35.3 Å². The summed E-state index contributed by atoms with van der Waals surface area (Å²) in [6.45, 7) is 4.31. The molecule has 28 heavy (non-hydrogen) atoms. The van der Waals surface area contributed by atoms with E-state index in [9.17, 15) is 9.59 Å². The summed E-state index contributed by atoms with van der Waals surface area (Å²) in [5.41, 5.74) is 5.27. The average Bonchev–Trinajstić information content (AvgIpc) is 3.34. The standard InChI is InChI=1S/C21H20N4O2S/c1-13-7-8-15(18-12-28-24-23-18)9-17(13)22-21(27)16-10-20(26)25(11-16)19-6-4-3-5-14(19)2/h3-9,12,16H,10-11H2,1-2H3,(H,22,27). The number of nitrogens with one attached hydrogen (secondary N) is 1. The maximum atomic E-state index is 12.9. The van der Waals surface area contributed by atoms with Gasteiger partial charge >= 0.3 is 0 Å². The van der Waals surface area contributed by atoms with E-state index in [1.807, 2.05) is 61.7 Å². The van der Waals surface area contributed by atoms with Crippen LogP contribution in [0.25, 0.3) is 11.3 Å². The number of amides is 2. The quantitative estimate of drug-likeness (QED) is 0.733. The van der Waals surface area contributed by atoms with Gasteiger partial charge in [0.25, 0.3) is 0 Å². The van der Waals surface area contributed by atoms with E-state index in [4.69, 9.17) is 0 Å². The summed E-state index contributed by atoms with van der Waals surface area (Å²) in [7, 11) is 0. The van der Waals surface area contributed by atoms with Crippen molar-refractivity contribution in [2.75, 3.05) is 16.8 Å². The Balaban J connectivity index is 1.51. The van der Waals surface area contributed by atoms with Crippen LogP contribution in [0.2, 0.25) is 0 Å². The van der Waals surface area contributed by atoms with Crippen molar-refractivity contribution >= 4 is 34.7 Å². The first-order valence-electron chi connectivity index (χ1n) is 9.08. The molecule has 1 atom stereocenters. The lowest BCUT2D eigenvalue weighted by atomic mass is 10.1. The van der Waals surface area contributed by atoms with Crippen LogP contribution in [-0.4, -0.2) is 27.9 Å². The van der Waals surface area contributed by atoms with Gasteiger partial charge in [0.05, 0.1) is 5.92 Å². The second kappa shape index (κ2) is 7.52. The lowest BCUT2D eigenvalue weighted by molar-refractivity contribution is -0.122. The monoisotopic (exact) mass is 392 g/mol. The minimum atomic E-state index is -0.379. The normalized spacial score (nSPS) is 16.4. The highest BCUT2D eigenvalue weighted by Gasteiger charge is 2.35. The predicted molar refractivity (Wildman–Crippen MR) is 110 cm³/mol. The van der Waals surface area contributed by atoms with E-state index in [0.29, 0.717) is 6.54 Å². The van der Waals surface area contributed by atoms with Gasteiger partial charge in [-0.05, 0) is 48.6 Å². The van der Waals surface area contributed by atoms with E-state index in [0.717, 1.165) is 33.8 Å². The van der Waals surface area contributed by atoms with E-state index >= 15 is 0 Å². The lowest BCUT2D eigenvalue weighted by Crippen LogP contribution is -2.28. The van der Waals surface area contributed by atoms with E-state index in [1.165, 1.54) is 11.5 Å². The fourth-order valence-corrected chi connectivity index (χ4v) is 3.89. The van der Waals surface area contributed by atoms with Crippen molar-refractivity contribution in [1.82, 2.24) is 9.59 Å². The molecule has 0 bridgehead atoms. The maximum Gasteiger partial charge on any atom is 0.229 e. The van der Waals surface area contributed by atoms with Gasteiger partial charge in [0.2, 0.25) is 11.8 Å². The van der Waals surface area contributed by atoms with Crippen LogP contribution in [-0.2, 0) is 9.59 Å². The molecule has 4 rings (SSSR count). The smallest absolute Gasteiger partial charge is 0.229 e. The molecule has 2 aromatic carbocycles. The van der Waals surface area contributed by atoms with Gasteiger partial charge in [0.1, 0.15) is 5.69 Å². The van der Waals surface area contributed by atoms with Gasteiger partial charge in [-0.1, -0.05) is 34.8 Å². The van der Waals surface area contributed by atoms with Crippen LogP contribution in [0.3, 0.4) is 0 Å². The van der Waals surface area contributed by atoms with Crippen molar-refractivity contribution in [3.8, 4) is 11.3 Å². The van der Waals surface area contributed by atoms with Crippen LogP contribution in [0.1, 0.15) is 17.5 Å². The van der Waals surface area contributed by atoms with Crippen molar-refractivity contribution in [2.45, 2.75) is 20.3 Å². The molecule has 0 spiro atoms. The maximum absolute atomic E-state index is 12.9. The zero-order valence-corrected chi connectivity index (χ0v) is 16.5. The Labute approximate surface area is 167 Å². The average molecular weight is 392 g/mol. The number of aryl methyl sites for hydroxylation is 2. The number of nitrogens with zero attached hydrogens (tertiary/aromatic N) is 3. The predicted octanol–water partition coefficient (Wildman–Crippen LogP) is 3.81. The van der Waals surface area contributed by atoms with Crippen molar-refractivity contribution in [3.63, 3.8) is 0 Å². The summed E-state index contributed by atoms with van der Waals surface area (Å²) < 4.78 is 3.89. The highest BCUT2D eigenvalue weighted by Crippen LogP contribution is 2.30. The van der Waals surface area contributed by atoms with E-state index < -0.39 is 0 Å². The molecule has 7 heteroatoms. The zero-order chi connectivity index (χ0) is 19.7. The molecule has 6 nitrogen and oxygen atoms in total. The third kappa shape index (κ3) is 3.53. The third-order valence-electron chi connectivity index (χ3n) is 5.05. The Bertz CT molecular complexity index is 1030. The van der Waals surface area contributed by atoms with Crippen LogP contribution in [0, 0.1) is 19.8 Å². The topological polar surface area (TPSA) is 75.2 Å². The molecule has 1 aliphatic heterocycles. The molecular formula is C21H20N4O2S. The molecule has 1 aromatic heterocycles. The van der Waals surface area contributed by atoms with Crippen LogP contribution >= 0.6 is 11.5 Å². The second-order valence-corrected chi connectivity index (χ2v) is 7.61. The number of hydrogen-bond donors (Lipinski definition) is 1. The van der Waals surface area contributed by atoms with Crippen LogP contribution in [0.15, 0.2) is 47.8 Å². The van der Waals surface area contributed by atoms with E-state index in [-0.39, 0.29) is 24.2 Å². The largest absolute Gasteiger partial charge is 0.326 e. The molecule has 0 radical (unpaired) electrons. The van der Waals surface area contributed by atoms with E-state index in [1.54, 1.807) is 4.90 Å². The Hall–Kier alpha value is -3.06. The van der Waals surface area contributed by atoms with Gasteiger partial charge < -0.3 is 10.2 Å². The first kappa shape index (κ1) is 18.3. The van der Waals surface area contributed by atoms with Gasteiger partial charge in [-0.15, -0.1) is 5.10 Å². The van der Waals surface area contributed by atoms with Gasteiger partial charge in [-0.3, -0.25) is 9.59 Å². The van der Waals surface area contributed by atoms with Gasteiger partial charge in [0.15, 0.2) is 0 Å². The molecule has 0 aliphatic carbocycles. The van der Waals surface area contributed by atoms with Gasteiger partial charge in [-0.2, -0.15) is 0 Å². The molecule has 1 aliphatic rings. The molecule has 1 unspecified atom stereocenters. The van der Waals surface area contributed by atoms with Crippen molar-refractivity contribution in [2.24, 2.45) is 5.92 Å². The molecule has 1 N–H and O–H groups in total. The number of hydrogen-bond acceptors (Lipinski definition) is 5. The first-order valence-corrected chi connectivity index (χ1v) is 9.91. The minimum Gasteiger partial charge on any atom is -0.326 e. The van der Waals surface area contributed by atoms with Crippen molar-refractivity contribution in [3.05, 3.63) is 59.0 Å². The second-order valence-electron chi connectivity index (χ2n) is 7.00. The fraction of sp³-hybridized carbons (Fsp3) is 0.238. The SMILES string of the molecule is Cc1ccc(-c2csnn2)cc1NC(=O)C1CC(=O)N(c2ccccc2C)C1. The van der Waals surface area contributed by atoms with Crippen molar-refractivity contribution in [1.29, 1.82) is 0 Å². The number of para-hydroxylation sites is 1. The molecule has 0 saturated carbocycles. The first-order chi connectivity index (χ1) is 13.5.